The molecular weight excluding hydrogens is 254 g/mol. The molecule has 112 valence electrons. The molecule has 1 aliphatic carbocycles. The highest BCUT2D eigenvalue weighted by Crippen LogP contribution is 2.30. The molecule has 3 unspecified atom stereocenters. The smallest absolute Gasteiger partial charge is 0.323 e. The standard InChI is InChI=1S/C14H25N5O/c1-8(2)20-14-18-12(15)17-13(19-14)16-11-6-5-9(3)7-10(11)4/h8-11H,5-7H2,1-4H3,(H3,15,16,17,18,19). The second-order valence-corrected chi connectivity index (χ2v) is 6.11. The van der Waals surface area contributed by atoms with E-state index in [1.807, 2.05) is 13.8 Å². The predicted octanol–water partition coefficient (Wildman–Crippen LogP) is 2.48. The number of anilines is 2. The zero-order chi connectivity index (χ0) is 14.7. The highest BCUT2D eigenvalue weighted by molar-refractivity contribution is 5.33. The number of nitrogens with zero attached hydrogens (tertiary/aromatic N) is 3. The van der Waals surface area contributed by atoms with Gasteiger partial charge in [-0.25, -0.2) is 0 Å². The summed E-state index contributed by atoms with van der Waals surface area (Å²) in [6.45, 7) is 8.43. The van der Waals surface area contributed by atoms with Crippen molar-refractivity contribution in [1.29, 1.82) is 0 Å². The summed E-state index contributed by atoms with van der Waals surface area (Å²) < 4.78 is 5.49. The van der Waals surface area contributed by atoms with Crippen molar-refractivity contribution >= 4 is 11.9 Å². The minimum absolute atomic E-state index is 0.0131. The van der Waals surface area contributed by atoms with Crippen molar-refractivity contribution in [3.8, 4) is 6.01 Å². The van der Waals surface area contributed by atoms with Crippen molar-refractivity contribution in [3.05, 3.63) is 0 Å². The van der Waals surface area contributed by atoms with Gasteiger partial charge >= 0.3 is 6.01 Å². The van der Waals surface area contributed by atoms with Gasteiger partial charge in [0, 0.05) is 6.04 Å². The van der Waals surface area contributed by atoms with E-state index in [1.54, 1.807) is 0 Å². The number of ether oxygens (including phenoxy) is 1. The van der Waals surface area contributed by atoms with Crippen LogP contribution in [0.1, 0.15) is 47.0 Å². The minimum Gasteiger partial charge on any atom is -0.461 e. The Morgan fingerprint density at radius 3 is 2.60 bits per heavy atom. The van der Waals surface area contributed by atoms with Crippen LogP contribution in [-0.4, -0.2) is 27.1 Å². The molecule has 0 radical (unpaired) electrons. The first-order chi connectivity index (χ1) is 9.44. The van der Waals surface area contributed by atoms with Crippen molar-refractivity contribution in [2.24, 2.45) is 11.8 Å². The van der Waals surface area contributed by atoms with Crippen LogP contribution >= 0.6 is 0 Å². The Balaban J connectivity index is 2.07. The maximum absolute atomic E-state index is 5.71. The normalized spacial score (nSPS) is 26.6. The van der Waals surface area contributed by atoms with Gasteiger partial charge in [0.05, 0.1) is 6.10 Å². The second kappa shape index (κ2) is 6.24. The second-order valence-electron chi connectivity index (χ2n) is 6.11. The van der Waals surface area contributed by atoms with Crippen molar-refractivity contribution in [2.75, 3.05) is 11.1 Å². The summed E-state index contributed by atoms with van der Waals surface area (Å²) in [6.07, 6.45) is 3.61. The minimum atomic E-state index is 0.0131. The molecule has 0 aromatic carbocycles. The zero-order valence-corrected chi connectivity index (χ0v) is 12.8. The van der Waals surface area contributed by atoms with E-state index in [0.717, 1.165) is 12.3 Å². The summed E-state index contributed by atoms with van der Waals surface area (Å²) in [7, 11) is 0. The van der Waals surface area contributed by atoms with Gasteiger partial charge in [0.25, 0.3) is 0 Å². The van der Waals surface area contributed by atoms with Crippen LogP contribution in [0.3, 0.4) is 0 Å². The van der Waals surface area contributed by atoms with Gasteiger partial charge in [0.2, 0.25) is 11.9 Å². The molecule has 1 heterocycles. The van der Waals surface area contributed by atoms with E-state index in [9.17, 15) is 0 Å². The number of aromatic nitrogens is 3. The first-order valence-electron chi connectivity index (χ1n) is 7.38. The number of nitrogens with two attached hydrogens (primary N) is 1. The van der Waals surface area contributed by atoms with Crippen molar-refractivity contribution in [3.63, 3.8) is 0 Å². The van der Waals surface area contributed by atoms with Gasteiger partial charge in [-0.05, 0) is 44.9 Å². The Hall–Kier alpha value is -1.59. The maximum atomic E-state index is 5.71. The number of nitrogens with one attached hydrogen (secondary N) is 1. The Kier molecular flexibility index (Phi) is 4.62. The summed E-state index contributed by atoms with van der Waals surface area (Å²) in [5, 5.41) is 3.38. The molecule has 0 bridgehead atoms. The molecule has 20 heavy (non-hydrogen) atoms. The first-order valence-corrected chi connectivity index (χ1v) is 7.38. The van der Waals surface area contributed by atoms with E-state index in [1.165, 1.54) is 12.8 Å². The van der Waals surface area contributed by atoms with E-state index in [2.05, 4.69) is 34.1 Å². The summed E-state index contributed by atoms with van der Waals surface area (Å²) in [4.78, 5) is 12.4. The van der Waals surface area contributed by atoms with Gasteiger partial charge in [0.1, 0.15) is 0 Å². The largest absolute Gasteiger partial charge is 0.461 e. The first kappa shape index (κ1) is 14.8. The van der Waals surface area contributed by atoms with Crippen LogP contribution in [0.4, 0.5) is 11.9 Å². The summed E-state index contributed by atoms with van der Waals surface area (Å²) in [6, 6.07) is 0.673. The molecular formula is C14H25N5O. The number of hydrogen-bond acceptors (Lipinski definition) is 6. The van der Waals surface area contributed by atoms with Gasteiger partial charge in [-0.15, -0.1) is 0 Å². The highest BCUT2D eigenvalue weighted by Gasteiger charge is 2.26. The Morgan fingerprint density at radius 2 is 1.95 bits per heavy atom. The molecule has 1 aromatic heterocycles. The lowest BCUT2D eigenvalue weighted by atomic mass is 9.80. The maximum Gasteiger partial charge on any atom is 0.323 e. The molecule has 1 aromatic rings. The Morgan fingerprint density at radius 1 is 1.20 bits per heavy atom. The molecule has 6 nitrogen and oxygen atoms in total. The third-order valence-corrected chi connectivity index (χ3v) is 3.72. The molecule has 0 spiro atoms. The van der Waals surface area contributed by atoms with Crippen LogP contribution in [0, 0.1) is 11.8 Å². The number of nitrogen functional groups attached to an aromatic ring is 1. The lowest BCUT2D eigenvalue weighted by Gasteiger charge is -2.33. The number of rotatable bonds is 4. The molecule has 2 rings (SSSR count). The molecule has 1 aliphatic rings. The molecule has 0 amide bonds. The Labute approximate surface area is 120 Å². The quantitative estimate of drug-likeness (QED) is 0.880. The van der Waals surface area contributed by atoms with Crippen LogP contribution in [0.15, 0.2) is 0 Å². The molecule has 1 fully saturated rings. The van der Waals surface area contributed by atoms with Gasteiger partial charge in [-0.3, -0.25) is 0 Å². The van der Waals surface area contributed by atoms with Crippen LogP contribution in [0.5, 0.6) is 6.01 Å². The highest BCUT2D eigenvalue weighted by atomic mass is 16.5. The Bertz CT molecular complexity index is 451. The average Bonchev–Trinajstić information content (AvgIpc) is 2.31. The van der Waals surface area contributed by atoms with Gasteiger partial charge in [-0.2, -0.15) is 15.0 Å². The fourth-order valence-corrected chi connectivity index (χ4v) is 2.75. The van der Waals surface area contributed by atoms with E-state index in [4.69, 9.17) is 10.5 Å². The monoisotopic (exact) mass is 279 g/mol. The van der Waals surface area contributed by atoms with Crippen LogP contribution in [-0.2, 0) is 0 Å². The third-order valence-electron chi connectivity index (χ3n) is 3.72. The molecule has 6 heteroatoms. The molecule has 0 saturated heterocycles. The summed E-state index contributed by atoms with van der Waals surface area (Å²) in [5.41, 5.74) is 5.71. The van der Waals surface area contributed by atoms with Crippen LogP contribution in [0.25, 0.3) is 0 Å². The zero-order valence-electron chi connectivity index (χ0n) is 12.8. The fraction of sp³-hybridized carbons (Fsp3) is 0.786. The molecule has 3 N–H and O–H groups in total. The van der Waals surface area contributed by atoms with E-state index < -0.39 is 0 Å². The molecule has 1 saturated carbocycles. The third kappa shape index (κ3) is 3.95. The lowest BCUT2D eigenvalue weighted by molar-refractivity contribution is 0.222. The topological polar surface area (TPSA) is 86.0 Å². The van der Waals surface area contributed by atoms with Gasteiger partial charge in [-0.1, -0.05) is 13.8 Å². The SMILES string of the molecule is CC1CCC(Nc2nc(N)nc(OC(C)C)n2)C(C)C1. The van der Waals surface area contributed by atoms with Crippen molar-refractivity contribution in [2.45, 2.75) is 59.1 Å². The molecule has 3 atom stereocenters. The van der Waals surface area contributed by atoms with E-state index in [-0.39, 0.29) is 18.1 Å². The van der Waals surface area contributed by atoms with Crippen LogP contribution in [0.2, 0.25) is 0 Å². The summed E-state index contributed by atoms with van der Waals surface area (Å²) in [5.74, 6) is 2.10. The number of hydrogen-bond donors (Lipinski definition) is 2. The summed E-state index contributed by atoms with van der Waals surface area (Å²) >= 11 is 0. The van der Waals surface area contributed by atoms with Crippen molar-refractivity contribution in [1.82, 2.24) is 15.0 Å². The average molecular weight is 279 g/mol. The van der Waals surface area contributed by atoms with E-state index in [0.29, 0.717) is 17.9 Å². The van der Waals surface area contributed by atoms with Crippen molar-refractivity contribution < 1.29 is 4.74 Å². The molecule has 0 aliphatic heterocycles. The fourth-order valence-electron chi connectivity index (χ4n) is 2.75. The predicted molar refractivity (Wildman–Crippen MR) is 79.6 cm³/mol. The van der Waals surface area contributed by atoms with Gasteiger partial charge < -0.3 is 15.8 Å². The van der Waals surface area contributed by atoms with Gasteiger partial charge in [0.15, 0.2) is 0 Å². The van der Waals surface area contributed by atoms with E-state index >= 15 is 0 Å². The lowest BCUT2D eigenvalue weighted by Crippen LogP contribution is -2.33. The van der Waals surface area contributed by atoms with Crippen LogP contribution < -0.4 is 15.8 Å².